The Bertz CT molecular complexity index is 450. The summed E-state index contributed by atoms with van der Waals surface area (Å²) < 4.78 is 0. The molecule has 0 spiro atoms. The number of hydrogen-bond acceptors (Lipinski definition) is 3. The van der Waals surface area contributed by atoms with E-state index in [0.29, 0.717) is 11.8 Å². The third-order valence-electron chi connectivity index (χ3n) is 3.29. The molecule has 4 nitrogen and oxygen atoms in total. The first-order valence-electron chi connectivity index (χ1n) is 7.18. The Morgan fingerprint density at radius 2 is 1.95 bits per heavy atom. The first-order chi connectivity index (χ1) is 9.17. The van der Waals surface area contributed by atoms with Gasteiger partial charge in [-0.1, -0.05) is 47.3 Å². The Kier molecular flexibility index (Phi) is 5.15. The molecule has 1 atom stereocenters. The quantitative estimate of drug-likeness (QED) is 0.857. The summed E-state index contributed by atoms with van der Waals surface area (Å²) in [7, 11) is 0. The van der Waals surface area contributed by atoms with Crippen molar-refractivity contribution in [3.05, 3.63) is 24.3 Å². The van der Waals surface area contributed by atoms with Crippen molar-refractivity contribution in [2.75, 3.05) is 6.54 Å². The Hall–Kier alpha value is -1.58. The van der Waals surface area contributed by atoms with Gasteiger partial charge in [0.1, 0.15) is 0 Å². The van der Waals surface area contributed by atoms with E-state index in [9.17, 15) is 0 Å². The van der Waals surface area contributed by atoms with Gasteiger partial charge in [-0.15, -0.1) is 0 Å². The van der Waals surface area contributed by atoms with Gasteiger partial charge in [-0.25, -0.2) is 5.01 Å². The van der Waals surface area contributed by atoms with E-state index in [1.54, 1.807) is 6.08 Å². The highest BCUT2D eigenvalue weighted by Crippen LogP contribution is 2.23. The molecular weight excluding hydrogens is 248 g/mol. The number of nitrogens with zero attached hydrogens (tertiary/aromatic N) is 3. The van der Waals surface area contributed by atoms with Gasteiger partial charge < -0.3 is 5.73 Å². The second-order valence-corrected chi connectivity index (χ2v) is 6.83. The minimum atomic E-state index is 0.135. The molecule has 1 heterocycles. The summed E-state index contributed by atoms with van der Waals surface area (Å²) in [6.07, 6.45) is 3.61. The third-order valence-corrected chi connectivity index (χ3v) is 3.29. The smallest absolute Gasteiger partial charge is 0.155 e. The van der Waals surface area contributed by atoms with Gasteiger partial charge in [0, 0.05) is 6.54 Å². The second kappa shape index (κ2) is 6.25. The fourth-order valence-electron chi connectivity index (χ4n) is 1.77. The number of aliphatic imine (C=N–C) groups is 1. The minimum Gasteiger partial charge on any atom is -0.382 e. The summed E-state index contributed by atoms with van der Waals surface area (Å²) in [5, 5.41) is 6.42. The lowest BCUT2D eigenvalue weighted by molar-refractivity contribution is 0.280. The van der Waals surface area contributed by atoms with Crippen LogP contribution in [0.3, 0.4) is 0 Å². The number of amidine groups is 2. The minimum absolute atomic E-state index is 0.135. The van der Waals surface area contributed by atoms with Crippen molar-refractivity contribution < 1.29 is 0 Å². The van der Waals surface area contributed by atoms with E-state index in [-0.39, 0.29) is 11.5 Å². The molecule has 0 saturated carbocycles. The average Bonchev–Trinajstić information content (AvgIpc) is 2.62. The van der Waals surface area contributed by atoms with Crippen molar-refractivity contribution in [2.45, 2.75) is 47.6 Å². The molecule has 1 rings (SSSR count). The molecule has 0 saturated heterocycles. The summed E-state index contributed by atoms with van der Waals surface area (Å²) in [4.78, 5) is 4.76. The van der Waals surface area contributed by atoms with Crippen molar-refractivity contribution in [1.29, 1.82) is 0 Å². The van der Waals surface area contributed by atoms with Gasteiger partial charge in [0.2, 0.25) is 0 Å². The highest BCUT2D eigenvalue weighted by atomic mass is 15.5. The van der Waals surface area contributed by atoms with Crippen molar-refractivity contribution >= 4 is 11.7 Å². The maximum absolute atomic E-state index is 6.03. The molecule has 0 bridgehead atoms. The number of allylic oxidation sites excluding steroid dienone is 2. The lowest BCUT2D eigenvalue weighted by Gasteiger charge is -2.27. The van der Waals surface area contributed by atoms with Crippen LogP contribution in [0.4, 0.5) is 0 Å². The van der Waals surface area contributed by atoms with E-state index in [0.717, 1.165) is 18.0 Å². The van der Waals surface area contributed by atoms with Gasteiger partial charge in [0.25, 0.3) is 0 Å². The Morgan fingerprint density at radius 1 is 1.35 bits per heavy atom. The molecule has 112 valence electrons. The Balaban J connectivity index is 3.16. The van der Waals surface area contributed by atoms with Gasteiger partial charge in [0.05, 0.1) is 11.6 Å². The standard InChI is InChI=1S/C16H28N4/c1-8-9-13-14(17)19-20(12(4)11(2)3)15(13)18-10-16(5,6)7/h8-9,11-12H,1,10H2,2-7H3,(H2,17,19)/b13-9-,18-15?. The summed E-state index contributed by atoms with van der Waals surface area (Å²) in [6, 6.07) is 0.253. The van der Waals surface area contributed by atoms with E-state index in [1.807, 2.05) is 11.1 Å². The van der Waals surface area contributed by atoms with Crippen LogP contribution in [0.15, 0.2) is 34.4 Å². The molecule has 4 heteroatoms. The first kappa shape index (κ1) is 16.5. The maximum atomic E-state index is 6.03. The number of hydrazone groups is 1. The summed E-state index contributed by atoms with van der Waals surface area (Å²) in [5.41, 5.74) is 7.04. The van der Waals surface area contributed by atoms with Crippen LogP contribution in [0, 0.1) is 11.3 Å². The summed E-state index contributed by atoms with van der Waals surface area (Å²) >= 11 is 0. The van der Waals surface area contributed by atoms with Crippen LogP contribution in [-0.2, 0) is 0 Å². The highest BCUT2D eigenvalue weighted by Gasteiger charge is 2.31. The van der Waals surface area contributed by atoms with Gasteiger partial charge in [0.15, 0.2) is 11.7 Å². The van der Waals surface area contributed by atoms with Gasteiger partial charge >= 0.3 is 0 Å². The van der Waals surface area contributed by atoms with Gasteiger partial charge in [-0.05, 0) is 24.3 Å². The van der Waals surface area contributed by atoms with Crippen molar-refractivity contribution in [2.24, 2.45) is 27.2 Å². The average molecular weight is 276 g/mol. The van der Waals surface area contributed by atoms with Crippen molar-refractivity contribution in [1.82, 2.24) is 5.01 Å². The molecule has 0 aromatic rings. The molecule has 20 heavy (non-hydrogen) atoms. The SMILES string of the molecule is C=C/C=C1/C(N)=NN(C(C)C(C)C)C1=NCC(C)(C)C. The van der Waals surface area contributed by atoms with Crippen molar-refractivity contribution in [3.63, 3.8) is 0 Å². The van der Waals surface area contributed by atoms with E-state index >= 15 is 0 Å². The van der Waals surface area contributed by atoms with Crippen LogP contribution < -0.4 is 5.73 Å². The third kappa shape index (κ3) is 3.95. The first-order valence-corrected chi connectivity index (χ1v) is 7.18. The number of rotatable bonds is 4. The Labute approximate surface area is 123 Å². The van der Waals surface area contributed by atoms with Crippen LogP contribution in [0.1, 0.15) is 41.5 Å². The summed E-state index contributed by atoms with van der Waals surface area (Å²) in [5.74, 6) is 1.85. The lowest BCUT2D eigenvalue weighted by Crippen LogP contribution is -2.36. The monoisotopic (exact) mass is 276 g/mol. The Morgan fingerprint density at radius 3 is 2.40 bits per heavy atom. The molecule has 0 aromatic heterocycles. The molecular formula is C16H28N4. The zero-order valence-electron chi connectivity index (χ0n) is 13.6. The zero-order valence-corrected chi connectivity index (χ0v) is 13.6. The molecule has 0 amide bonds. The summed E-state index contributed by atoms with van der Waals surface area (Å²) in [6.45, 7) is 17.5. The molecule has 1 unspecified atom stereocenters. The molecule has 0 radical (unpaired) electrons. The topological polar surface area (TPSA) is 54.0 Å². The molecule has 1 aliphatic rings. The van der Waals surface area contributed by atoms with Crippen LogP contribution in [-0.4, -0.2) is 29.3 Å². The molecule has 0 aliphatic carbocycles. The van der Waals surface area contributed by atoms with Crippen LogP contribution in [0.2, 0.25) is 0 Å². The highest BCUT2D eigenvalue weighted by molar-refractivity contribution is 6.25. The molecule has 0 aromatic carbocycles. The predicted molar refractivity (Wildman–Crippen MR) is 87.8 cm³/mol. The largest absolute Gasteiger partial charge is 0.382 e. The fraction of sp³-hybridized carbons (Fsp3) is 0.625. The van der Waals surface area contributed by atoms with Crippen LogP contribution in [0.25, 0.3) is 0 Å². The lowest BCUT2D eigenvalue weighted by atomic mass is 9.97. The van der Waals surface area contributed by atoms with E-state index in [2.05, 4.69) is 53.2 Å². The van der Waals surface area contributed by atoms with Crippen molar-refractivity contribution in [3.8, 4) is 0 Å². The van der Waals surface area contributed by atoms with E-state index < -0.39 is 0 Å². The predicted octanol–water partition coefficient (Wildman–Crippen LogP) is 3.18. The number of hydrogen-bond donors (Lipinski definition) is 1. The second-order valence-electron chi connectivity index (χ2n) is 6.83. The van der Waals surface area contributed by atoms with E-state index in [4.69, 9.17) is 10.7 Å². The maximum Gasteiger partial charge on any atom is 0.155 e. The fourth-order valence-corrected chi connectivity index (χ4v) is 1.77. The van der Waals surface area contributed by atoms with Gasteiger partial charge in [-0.3, -0.25) is 4.99 Å². The molecule has 2 N–H and O–H groups in total. The van der Waals surface area contributed by atoms with Crippen LogP contribution in [0.5, 0.6) is 0 Å². The number of nitrogens with two attached hydrogens (primary N) is 1. The van der Waals surface area contributed by atoms with E-state index in [1.165, 1.54) is 0 Å². The van der Waals surface area contributed by atoms with Gasteiger partial charge in [-0.2, -0.15) is 5.10 Å². The normalized spacial score (nSPS) is 21.8. The molecule has 1 aliphatic heterocycles. The zero-order chi connectivity index (χ0) is 15.5. The van der Waals surface area contributed by atoms with Crippen LogP contribution >= 0.6 is 0 Å². The molecule has 0 fully saturated rings.